The molecule has 0 spiro atoms. The van der Waals surface area contributed by atoms with E-state index < -0.39 is 0 Å². The number of nitrogens with zero attached hydrogens (tertiary/aromatic N) is 1. The van der Waals surface area contributed by atoms with Crippen LogP contribution in [0, 0.1) is 5.92 Å². The summed E-state index contributed by atoms with van der Waals surface area (Å²) < 4.78 is 0. The second-order valence-corrected chi connectivity index (χ2v) is 7.64. The fourth-order valence-corrected chi connectivity index (χ4v) is 4.49. The van der Waals surface area contributed by atoms with Crippen LogP contribution in [-0.4, -0.2) is 4.98 Å². The van der Waals surface area contributed by atoms with Crippen molar-refractivity contribution in [3.05, 3.63) is 38.6 Å². The van der Waals surface area contributed by atoms with Crippen molar-refractivity contribution in [3.8, 4) is 11.3 Å². The molecule has 2 aromatic rings. The van der Waals surface area contributed by atoms with E-state index in [9.17, 15) is 0 Å². The predicted octanol–water partition coefficient (Wildman–Crippen LogP) is 5.48. The fourth-order valence-electron chi connectivity index (χ4n) is 3.11. The lowest BCUT2D eigenvalue weighted by Crippen LogP contribution is -2.40. The molecular formula is C16H18Cl2N2S. The van der Waals surface area contributed by atoms with E-state index in [0.717, 1.165) is 29.1 Å². The van der Waals surface area contributed by atoms with Crippen LogP contribution in [0.4, 0.5) is 0 Å². The molecule has 2 unspecified atom stereocenters. The van der Waals surface area contributed by atoms with Gasteiger partial charge in [-0.3, -0.25) is 0 Å². The molecule has 2 N–H and O–H groups in total. The normalized spacial score (nSPS) is 26.0. The summed E-state index contributed by atoms with van der Waals surface area (Å²) in [5.41, 5.74) is 8.07. The number of halogens is 2. The fraction of sp³-hybridized carbons (Fsp3) is 0.438. The average Bonchev–Trinajstić information content (AvgIpc) is 2.92. The van der Waals surface area contributed by atoms with Crippen molar-refractivity contribution < 1.29 is 0 Å². The van der Waals surface area contributed by atoms with Crippen LogP contribution >= 0.6 is 34.5 Å². The van der Waals surface area contributed by atoms with Crippen molar-refractivity contribution in [3.63, 3.8) is 0 Å². The number of thiazole rings is 1. The SMILES string of the molecule is CC1CCCC(N)(c2nc(-c3cccc(Cl)c3Cl)cs2)C1. The molecule has 1 fully saturated rings. The molecule has 112 valence electrons. The van der Waals surface area contributed by atoms with Gasteiger partial charge in [-0.05, 0) is 24.8 Å². The highest BCUT2D eigenvalue weighted by Crippen LogP contribution is 2.41. The third-order valence-corrected chi connectivity index (χ3v) is 6.07. The summed E-state index contributed by atoms with van der Waals surface area (Å²) in [5.74, 6) is 0.658. The molecule has 3 rings (SSSR count). The molecule has 1 aliphatic carbocycles. The van der Waals surface area contributed by atoms with E-state index in [1.165, 1.54) is 12.8 Å². The van der Waals surface area contributed by atoms with E-state index in [4.69, 9.17) is 33.9 Å². The summed E-state index contributed by atoms with van der Waals surface area (Å²) in [5, 5.41) is 4.15. The molecule has 5 heteroatoms. The number of nitrogens with two attached hydrogens (primary N) is 1. The molecule has 2 nitrogen and oxygen atoms in total. The molecule has 0 saturated heterocycles. The summed E-state index contributed by atoms with van der Waals surface area (Å²) in [6.07, 6.45) is 4.44. The van der Waals surface area contributed by atoms with Crippen LogP contribution in [0.3, 0.4) is 0 Å². The predicted molar refractivity (Wildman–Crippen MR) is 91.1 cm³/mol. The summed E-state index contributed by atoms with van der Waals surface area (Å²) in [6.45, 7) is 2.27. The second-order valence-electron chi connectivity index (χ2n) is 6.00. The van der Waals surface area contributed by atoms with Crippen LogP contribution in [0.15, 0.2) is 23.6 Å². The minimum atomic E-state index is -0.286. The van der Waals surface area contributed by atoms with Crippen molar-refractivity contribution in [1.82, 2.24) is 4.98 Å². The zero-order valence-corrected chi connectivity index (χ0v) is 14.2. The lowest BCUT2D eigenvalue weighted by atomic mass is 9.77. The Hall–Kier alpha value is -0.610. The van der Waals surface area contributed by atoms with Crippen LogP contribution in [0.1, 0.15) is 37.6 Å². The van der Waals surface area contributed by atoms with Crippen LogP contribution in [-0.2, 0) is 5.54 Å². The first-order chi connectivity index (χ1) is 9.99. The third kappa shape index (κ3) is 2.98. The second kappa shape index (κ2) is 5.88. The molecular weight excluding hydrogens is 323 g/mol. The minimum absolute atomic E-state index is 0.286. The summed E-state index contributed by atoms with van der Waals surface area (Å²) >= 11 is 14.0. The number of hydrogen-bond donors (Lipinski definition) is 1. The monoisotopic (exact) mass is 340 g/mol. The molecule has 21 heavy (non-hydrogen) atoms. The van der Waals surface area contributed by atoms with Gasteiger partial charge in [-0.15, -0.1) is 11.3 Å². The summed E-state index contributed by atoms with van der Waals surface area (Å²) in [7, 11) is 0. The van der Waals surface area contributed by atoms with Crippen LogP contribution in [0.2, 0.25) is 10.0 Å². The lowest BCUT2D eigenvalue weighted by molar-refractivity contribution is 0.238. The van der Waals surface area contributed by atoms with Crippen LogP contribution < -0.4 is 5.73 Å². The van der Waals surface area contributed by atoms with E-state index in [0.29, 0.717) is 16.0 Å². The Morgan fingerprint density at radius 2 is 2.19 bits per heavy atom. The Morgan fingerprint density at radius 1 is 1.38 bits per heavy atom. The Kier molecular flexibility index (Phi) is 4.28. The first-order valence-corrected chi connectivity index (χ1v) is 8.82. The molecule has 0 amide bonds. The zero-order valence-electron chi connectivity index (χ0n) is 11.9. The molecule has 1 heterocycles. The van der Waals surface area contributed by atoms with Gasteiger partial charge in [-0.1, -0.05) is 55.1 Å². The van der Waals surface area contributed by atoms with Gasteiger partial charge in [0, 0.05) is 10.9 Å². The van der Waals surface area contributed by atoms with Crippen LogP contribution in [0.5, 0.6) is 0 Å². The van der Waals surface area contributed by atoms with E-state index in [1.54, 1.807) is 17.4 Å². The molecule has 0 radical (unpaired) electrons. The van der Waals surface area contributed by atoms with E-state index in [-0.39, 0.29) is 5.54 Å². The van der Waals surface area contributed by atoms with Gasteiger partial charge in [0.15, 0.2) is 0 Å². The van der Waals surface area contributed by atoms with Gasteiger partial charge in [0.25, 0.3) is 0 Å². The first-order valence-electron chi connectivity index (χ1n) is 7.19. The van der Waals surface area contributed by atoms with E-state index in [2.05, 4.69) is 6.92 Å². The van der Waals surface area contributed by atoms with Crippen LogP contribution in [0.25, 0.3) is 11.3 Å². The molecule has 1 aliphatic rings. The van der Waals surface area contributed by atoms with Crippen molar-refractivity contribution in [2.24, 2.45) is 11.7 Å². The number of aromatic nitrogens is 1. The molecule has 0 aliphatic heterocycles. The van der Waals surface area contributed by atoms with Crippen molar-refractivity contribution >= 4 is 34.5 Å². The van der Waals surface area contributed by atoms with Gasteiger partial charge >= 0.3 is 0 Å². The Morgan fingerprint density at radius 3 is 2.95 bits per heavy atom. The topological polar surface area (TPSA) is 38.9 Å². The minimum Gasteiger partial charge on any atom is -0.319 e. The van der Waals surface area contributed by atoms with Gasteiger partial charge in [0.05, 0.1) is 21.3 Å². The van der Waals surface area contributed by atoms with Gasteiger partial charge in [0.2, 0.25) is 0 Å². The lowest BCUT2D eigenvalue weighted by Gasteiger charge is -2.35. The van der Waals surface area contributed by atoms with Gasteiger partial charge in [-0.25, -0.2) is 4.98 Å². The van der Waals surface area contributed by atoms with E-state index >= 15 is 0 Å². The maximum Gasteiger partial charge on any atom is 0.113 e. The summed E-state index contributed by atoms with van der Waals surface area (Å²) in [6, 6.07) is 5.62. The average molecular weight is 341 g/mol. The van der Waals surface area contributed by atoms with Crippen molar-refractivity contribution in [2.75, 3.05) is 0 Å². The largest absolute Gasteiger partial charge is 0.319 e. The Bertz CT molecular complexity index is 655. The first kappa shape index (κ1) is 15.3. The Balaban J connectivity index is 1.95. The summed E-state index contributed by atoms with van der Waals surface area (Å²) in [4.78, 5) is 4.76. The quantitative estimate of drug-likeness (QED) is 0.785. The molecule has 1 aromatic carbocycles. The van der Waals surface area contributed by atoms with Gasteiger partial charge < -0.3 is 5.73 Å². The molecule has 0 bridgehead atoms. The standard InChI is InChI=1S/C16H18Cl2N2S/c1-10-4-3-7-16(19,8-10)15-20-13(9-21-15)11-5-2-6-12(17)14(11)18/h2,5-6,9-10H,3-4,7-8,19H2,1H3. The van der Waals surface area contributed by atoms with Crippen molar-refractivity contribution in [1.29, 1.82) is 0 Å². The molecule has 2 atom stereocenters. The van der Waals surface area contributed by atoms with Gasteiger partial charge in [-0.2, -0.15) is 0 Å². The Labute approximate surface area is 139 Å². The van der Waals surface area contributed by atoms with E-state index in [1.807, 2.05) is 17.5 Å². The van der Waals surface area contributed by atoms with Gasteiger partial charge in [0.1, 0.15) is 5.01 Å². The number of rotatable bonds is 2. The highest BCUT2D eigenvalue weighted by molar-refractivity contribution is 7.10. The van der Waals surface area contributed by atoms with Crippen molar-refractivity contribution in [2.45, 2.75) is 38.1 Å². The maximum absolute atomic E-state index is 6.62. The highest BCUT2D eigenvalue weighted by atomic mass is 35.5. The maximum atomic E-state index is 6.62. The highest BCUT2D eigenvalue weighted by Gasteiger charge is 2.35. The molecule has 1 saturated carbocycles. The zero-order chi connectivity index (χ0) is 15.0. The molecule has 1 aromatic heterocycles. The number of hydrogen-bond acceptors (Lipinski definition) is 3. The third-order valence-electron chi connectivity index (χ3n) is 4.19. The number of benzene rings is 1. The smallest absolute Gasteiger partial charge is 0.113 e.